The van der Waals surface area contributed by atoms with Crippen LogP contribution < -0.4 is 5.32 Å². The summed E-state index contributed by atoms with van der Waals surface area (Å²) < 4.78 is 0. The van der Waals surface area contributed by atoms with Gasteiger partial charge in [-0.05, 0) is 43.5 Å². The average molecular weight is 301 g/mol. The number of carboxylic acid groups (broad SMARTS) is 1. The first-order chi connectivity index (χ1) is 9.22. The highest BCUT2D eigenvalue weighted by atomic mass is 32.2. The van der Waals surface area contributed by atoms with E-state index in [0.29, 0.717) is 0 Å². The molecular weight excluding hydrogens is 278 g/mol. The van der Waals surface area contributed by atoms with Gasteiger partial charge in [0.15, 0.2) is 0 Å². The molecule has 0 aliphatic carbocycles. The van der Waals surface area contributed by atoms with Crippen molar-refractivity contribution in [1.82, 2.24) is 5.32 Å². The quantitative estimate of drug-likeness (QED) is 0.615. The normalized spacial score (nSPS) is 10.8. The fourth-order valence-corrected chi connectivity index (χ4v) is 3.29. The first-order valence-corrected chi connectivity index (χ1v) is 8.92. The Morgan fingerprint density at radius 3 is 2.74 bits per heavy atom. The Labute approximate surface area is 123 Å². The molecule has 1 heterocycles. The van der Waals surface area contributed by atoms with Gasteiger partial charge in [0, 0.05) is 16.3 Å². The van der Waals surface area contributed by atoms with E-state index >= 15 is 0 Å². The van der Waals surface area contributed by atoms with Gasteiger partial charge in [-0.25, -0.2) is 0 Å². The molecule has 5 heteroatoms. The lowest BCUT2D eigenvalue weighted by atomic mass is 10.2. The Bertz CT molecular complexity index is 366. The zero-order valence-electron chi connectivity index (χ0n) is 11.5. The Morgan fingerprint density at radius 1 is 1.26 bits per heavy atom. The number of hydrogen-bond donors (Lipinski definition) is 2. The SMILES string of the molecule is CSCCCCCCNCc1ccc(CC(=O)O)s1. The van der Waals surface area contributed by atoms with E-state index < -0.39 is 5.97 Å². The van der Waals surface area contributed by atoms with Crippen molar-refractivity contribution < 1.29 is 9.90 Å². The molecule has 2 N–H and O–H groups in total. The number of carboxylic acids is 1. The van der Waals surface area contributed by atoms with Gasteiger partial charge in [-0.2, -0.15) is 11.8 Å². The van der Waals surface area contributed by atoms with Crippen molar-refractivity contribution in [2.75, 3.05) is 18.6 Å². The Kier molecular flexibility index (Phi) is 8.95. The summed E-state index contributed by atoms with van der Waals surface area (Å²) in [5.74, 6) is 0.515. The van der Waals surface area contributed by atoms with Gasteiger partial charge in [0.25, 0.3) is 0 Å². The van der Waals surface area contributed by atoms with E-state index in [1.807, 2.05) is 23.9 Å². The van der Waals surface area contributed by atoms with Gasteiger partial charge >= 0.3 is 5.97 Å². The topological polar surface area (TPSA) is 49.3 Å². The molecule has 1 aromatic rings. The van der Waals surface area contributed by atoms with Gasteiger partial charge in [0.1, 0.15) is 0 Å². The summed E-state index contributed by atoms with van der Waals surface area (Å²) in [5.41, 5.74) is 0. The van der Waals surface area contributed by atoms with Crippen molar-refractivity contribution in [3.63, 3.8) is 0 Å². The molecule has 1 aromatic heterocycles. The summed E-state index contributed by atoms with van der Waals surface area (Å²) in [6.45, 7) is 1.90. The van der Waals surface area contributed by atoms with Gasteiger partial charge in [-0.3, -0.25) is 4.79 Å². The van der Waals surface area contributed by atoms with Crippen molar-refractivity contribution in [3.8, 4) is 0 Å². The predicted octanol–water partition coefficient (Wildman–Crippen LogP) is 3.39. The van der Waals surface area contributed by atoms with Crippen LogP contribution in [0, 0.1) is 0 Å². The Morgan fingerprint density at radius 2 is 2.00 bits per heavy atom. The fourth-order valence-electron chi connectivity index (χ4n) is 1.82. The monoisotopic (exact) mass is 301 g/mol. The van der Waals surface area contributed by atoms with Crippen LogP contribution in [-0.4, -0.2) is 29.6 Å². The van der Waals surface area contributed by atoms with E-state index in [0.717, 1.165) is 18.0 Å². The van der Waals surface area contributed by atoms with Crippen LogP contribution in [-0.2, 0) is 17.8 Å². The molecule has 1 rings (SSSR count). The summed E-state index contributed by atoms with van der Waals surface area (Å²) in [5, 5.41) is 12.1. The van der Waals surface area contributed by atoms with Gasteiger partial charge in [-0.1, -0.05) is 12.8 Å². The molecule has 0 fully saturated rings. The molecule has 19 heavy (non-hydrogen) atoms. The molecule has 0 saturated heterocycles. The van der Waals surface area contributed by atoms with Gasteiger partial charge < -0.3 is 10.4 Å². The number of thiophene rings is 1. The Balaban J connectivity index is 2.03. The third-order valence-corrected chi connectivity index (χ3v) is 4.58. The summed E-state index contributed by atoms with van der Waals surface area (Å²) >= 11 is 3.51. The van der Waals surface area contributed by atoms with Crippen molar-refractivity contribution in [2.45, 2.75) is 38.6 Å². The minimum atomic E-state index is -0.758. The van der Waals surface area contributed by atoms with Gasteiger partial charge in [-0.15, -0.1) is 11.3 Å². The van der Waals surface area contributed by atoms with Crippen LogP contribution in [0.5, 0.6) is 0 Å². The first kappa shape index (κ1) is 16.5. The smallest absolute Gasteiger partial charge is 0.308 e. The molecule has 3 nitrogen and oxygen atoms in total. The molecule has 0 spiro atoms. The number of thioether (sulfide) groups is 1. The number of nitrogens with one attached hydrogen (secondary N) is 1. The van der Waals surface area contributed by atoms with E-state index in [1.54, 1.807) is 11.3 Å². The number of aliphatic carboxylic acids is 1. The zero-order chi connectivity index (χ0) is 13.9. The van der Waals surface area contributed by atoms with Crippen LogP contribution in [0.3, 0.4) is 0 Å². The summed E-state index contributed by atoms with van der Waals surface area (Å²) in [6.07, 6.45) is 7.46. The van der Waals surface area contributed by atoms with Crippen LogP contribution in [0.15, 0.2) is 12.1 Å². The highest BCUT2D eigenvalue weighted by Gasteiger charge is 2.04. The first-order valence-electron chi connectivity index (χ1n) is 6.71. The predicted molar refractivity (Wildman–Crippen MR) is 84.2 cm³/mol. The molecule has 0 radical (unpaired) electrons. The zero-order valence-corrected chi connectivity index (χ0v) is 13.1. The second-order valence-corrected chi connectivity index (χ2v) is 6.76. The van der Waals surface area contributed by atoms with E-state index in [4.69, 9.17) is 5.11 Å². The lowest BCUT2D eigenvalue weighted by molar-refractivity contribution is -0.136. The van der Waals surface area contributed by atoms with Crippen LogP contribution in [0.4, 0.5) is 0 Å². The molecule has 0 bridgehead atoms. The van der Waals surface area contributed by atoms with Crippen LogP contribution in [0.1, 0.15) is 35.4 Å². The van der Waals surface area contributed by atoms with E-state index in [-0.39, 0.29) is 6.42 Å². The summed E-state index contributed by atoms with van der Waals surface area (Å²) in [7, 11) is 0. The number of unbranched alkanes of at least 4 members (excludes halogenated alkanes) is 3. The Hall–Kier alpha value is -0.520. The maximum Gasteiger partial charge on any atom is 0.308 e. The van der Waals surface area contributed by atoms with Gasteiger partial charge in [0.05, 0.1) is 6.42 Å². The van der Waals surface area contributed by atoms with Crippen molar-refractivity contribution in [2.24, 2.45) is 0 Å². The highest BCUT2D eigenvalue weighted by Crippen LogP contribution is 2.16. The maximum atomic E-state index is 10.6. The number of rotatable bonds is 11. The molecule has 0 aromatic carbocycles. The molecule has 0 unspecified atom stereocenters. The van der Waals surface area contributed by atoms with Crippen molar-refractivity contribution >= 4 is 29.1 Å². The number of hydrogen-bond acceptors (Lipinski definition) is 4. The van der Waals surface area contributed by atoms with Crippen LogP contribution in [0.2, 0.25) is 0 Å². The van der Waals surface area contributed by atoms with E-state index in [2.05, 4.69) is 11.6 Å². The molecule has 0 aliphatic rings. The minimum absolute atomic E-state index is 0.139. The number of carbonyl (C=O) groups is 1. The standard InChI is InChI=1S/C14H23NO2S2/c1-18-9-5-3-2-4-8-15-11-13-7-6-12(19-13)10-14(16)17/h6-7,15H,2-5,8-11H2,1H3,(H,16,17). The van der Waals surface area contributed by atoms with Crippen molar-refractivity contribution in [1.29, 1.82) is 0 Å². The third-order valence-electron chi connectivity index (χ3n) is 2.79. The lowest BCUT2D eigenvalue weighted by Gasteiger charge is -2.03. The molecule has 108 valence electrons. The maximum absolute atomic E-state index is 10.6. The highest BCUT2D eigenvalue weighted by molar-refractivity contribution is 7.98. The fraction of sp³-hybridized carbons (Fsp3) is 0.643. The molecule has 0 aliphatic heterocycles. The third kappa shape index (κ3) is 8.29. The lowest BCUT2D eigenvalue weighted by Crippen LogP contribution is -2.13. The summed E-state index contributed by atoms with van der Waals surface area (Å²) in [4.78, 5) is 12.7. The molecule has 0 amide bonds. The molecular formula is C14H23NO2S2. The van der Waals surface area contributed by atoms with E-state index in [9.17, 15) is 4.79 Å². The minimum Gasteiger partial charge on any atom is -0.481 e. The van der Waals surface area contributed by atoms with Crippen LogP contribution in [0.25, 0.3) is 0 Å². The van der Waals surface area contributed by atoms with Gasteiger partial charge in [0.2, 0.25) is 0 Å². The van der Waals surface area contributed by atoms with Crippen LogP contribution >= 0.6 is 23.1 Å². The summed E-state index contributed by atoms with van der Waals surface area (Å²) in [6, 6.07) is 3.94. The second-order valence-electron chi connectivity index (χ2n) is 4.52. The second kappa shape index (κ2) is 10.3. The average Bonchev–Trinajstić information content (AvgIpc) is 2.79. The molecule has 0 saturated carbocycles. The van der Waals surface area contributed by atoms with Crippen molar-refractivity contribution in [3.05, 3.63) is 21.9 Å². The largest absolute Gasteiger partial charge is 0.481 e. The van der Waals surface area contributed by atoms with E-state index in [1.165, 1.54) is 36.3 Å². The molecule has 0 atom stereocenters.